The fourth-order valence-corrected chi connectivity index (χ4v) is 3.37. The molecule has 1 amide bonds. The van der Waals surface area contributed by atoms with Crippen molar-refractivity contribution in [1.82, 2.24) is 9.97 Å². The predicted octanol–water partition coefficient (Wildman–Crippen LogP) is 3.25. The maximum absolute atomic E-state index is 12.6. The second kappa shape index (κ2) is 6.64. The molecule has 0 unspecified atom stereocenters. The van der Waals surface area contributed by atoms with Gasteiger partial charge in [0.2, 0.25) is 6.79 Å². The molecule has 132 valence electrons. The van der Waals surface area contributed by atoms with Crippen LogP contribution in [0.5, 0.6) is 11.5 Å². The summed E-state index contributed by atoms with van der Waals surface area (Å²) in [5.41, 5.74) is 1.88. The van der Waals surface area contributed by atoms with E-state index in [4.69, 9.17) is 9.47 Å². The third-order valence-corrected chi connectivity index (χ3v) is 4.71. The van der Waals surface area contributed by atoms with Gasteiger partial charge in [-0.1, -0.05) is 0 Å². The minimum absolute atomic E-state index is 0.226. The number of ether oxygens (including phenoxy) is 2. The van der Waals surface area contributed by atoms with E-state index in [1.54, 1.807) is 17.6 Å². The first-order valence-electron chi connectivity index (χ1n) is 7.91. The maximum atomic E-state index is 12.6. The van der Waals surface area contributed by atoms with Crippen LogP contribution in [0.25, 0.3) is 10.6 Å². The number of benzene rings is 1. The molecule has 0 radical (unpaired) electrons. The van der Waals surface area contributed by atoms with Crippen molar-refractivity contribution in [3.63, 3.8) is 0 Å². The van der Waals surface area contributed by atoms with Gasteiger partial charge in [0, 0.05) is 31.2 Å². The molecule has 0 fully saturated rings. The van der Waals surface area contributed by atoms with Crippen LogP contribution in [-0.4, -0.2) is 36.8 Å². The summed E-state index contributed by atoms with van der Waals surface area (Å²) in [5, 5.41) is 5.35. The summed E-state index contributed by atoms with van der Waals surface area (Å²) in [6.45, 7) is 0.226. The van der Waals surface area contributed by atoms with Crippen molar-refractivity contribution in [2.75, 3.05) is 31.1 Å². The summed E-state index contributed by atoms with van der Waals surface area (Å²) < 4.78 is 10.7. The summed E-state index contributed by atoms with van der Waals surface area (Å²) in [6.07, 6.45) is 1.69. The van der Waals surface area contributed by atoms with Crippen LogP contribution in [0, 0.1) is 0 Å². The number of aromatic nitrogens is 2. The van der Waals surface area contributed by atoms with Crippen LogP contribution < -0.4 is 19.7 Å². The van der Waals surface area contributed by atoms with Crippen molar-refractivity contribution >= 4 is 28.7 Å². The Balaban J connectivity index is 1.56. The van der Waals surface area contributed by atoms with Crippen LogP contribution >= 0.6 is 11.3 Å². The number of anilines is 2. The van der Waals surface area contributed by atoms with E-state index in [-0.39, 0.29) is 12.7 Å². The molecule has 1 N–H and O–H groups in total. The molecule has 2 aromatic heterocycles. The molecule has 0 saturated carbocycles. The first-order chi connectivity index (χ1) is 12.6. The Morgan fingerprint density at radius 1 is 1.23 bits per heavy atom. The molecule has 8 heteroatoms. The number of carbonyl (C=O) groups excluding carboxylic acids is 1. The first-order valence-corrected chi connectivity index (χ1v) is 8.79. The van der Waals surface area contributed by atoms with Crippen LogP contribution in [0.3, 0.4) is 0 Å². The van der Waals surface area contributed by atoms with E-state index in [0.717, 1.165) is 16.3 Å². The normalized spacial score (nSPS) is 12.1. The van der Waals surface area contributed by atoms with Gasteiger partial charge in [0.1, 0.15) is 10.7 Å². The quantitative estimate of drug-likeness (QED) is 0.762. The second-order valence-corrected chi connectivity index (χ2v) is 6.69. The number of thiazole rings is 1. The molecule has 3 aromatic rings. The minimum Gasteiger partial charge on any atom is -0.454 e. The van der Waals surface area contributed by atoms with Gasteiger partial charge in [-0.05, 0) is 30.3 Å². The zero-order chi connectivity index (χ0) is 18.1. The lowest BCUT2D eigenvalue weighted by atomic mass is 10.2. The van der Waals surface area contributed by atoms with Gasteiger partial charge in [0.05, 0.1) is 5.69 Å². The number of fused-ring (bicyclic) bond motifs is 1. The Hall–Kier alpha value is -3.13. The van der Waals surface area contributed by atoms with Crippen LogP contribution in [0.15, 0.2) is 41.9 Å². The van der Waals surface area contributed by atoms with E-state index in [1.807, 2.05) is 43.3 Å². The van der Waals surface area contributed by atoms with Gasteiger partial charge in [0.25, 0.3) is 5.91 Å². The molecule has 0 aliphatic carbocycles. The number of amides is 1. The molecule has 1 aromatic carbocycles. The van der Waals surface area contributed by atoms with Gasteiger partial charge in [-0.15, -0.1) is 11.3 Å². The van der Waals surface area contributed by atoms with Crippen molar-refractivity contribution < 1.29 is 14.3 Å². The molecule has 26 heavy (non-hydrogen) atoms. The topological polar surface area (TPSA) is 76.6 Å². The lowest BCUT2D eigenvalue weighted by molar-refractivity contribution is 0.102. The highest BCUT2D eigenvalue weighted by atomic mass is 32.1. The predicted molar refractivity (Wildman–Crippen MR) is 100 cm³/mol. The largest absolute Gasteiger partial charge is 0.454 e. The van der Waals surface area contributed by atoms with Gasteiger partial charge >= 0.3 is 0 Å². The summed E-state index contributed by atoms with van der Waals surface area (Å²) >= 11 is 1.40. The lowest BCUT2D eigenvalue weighted by Gasteiger charge is -2.15. The zero-order valence-corrected chi connectivity index (χ0v) is 15.0. The second-order valence-electron chi connectivity index (χ2n) is 5.83. The number of hydrogen-bond donors (Lipinski definition) is 1. The highest BCUT2D eigenvalue weighted by molar-refractivity contribution is 7.13. The number of nitrogens with one attached hydrogen (secondary N) is 1. The zero-order valence-electron chi connectivity index (χ0n) is 14.2. The van der Waals surface area contributed by atoms with Gasteiger partial charge in [-0.2, -0.15) is 0 Å². The van der Waals surface area contributed by atoms with Gasteiger partial charge in [-0.3, -0.25) is 4.79 Å². The van der Waals surface area contributed by atoms with E-state index in [1.165, 1.54) is 11.3 Å². The number of rotatable bonds is 4. The van der Waals surface area contributed by atoms with Gasteiger partial charge in [-0.25, -0.2) is 9.97 Å². The average Bonchev–Trinajstić information content (AvgIpc) is 3.30. The van der Waals surface area contributed by atoms with Crippen molar-refractivity contribution in [3.05, 3.63) is 47.6 Å². The van der Waals surface area contributed by atoms with Gasteiger partial charge in [0.15, 0.2) is 17.3 Å². The SMILES string of the molecule is CN(C)c1ncccc1NC(=O)c1csc(-c2ccc3c(c2)OCO3)n1. The Labute approximate surface area is 154 Å². The van der Waals surface area contributed by atoms with Crippen LogP contribution in [0.1, 0.15) is 10.5 Å². The third kappa shape index (κ3) is 3.06. The van der Waals surface area contributed by atoms with Crippen molar-refractivity contribution in [2.45, 2.75) is 0 Å². The molecule has 7 nitrogen and oxygen atoms in total. The Kier molecular flexibility index (Phi) is 4.18. The summed E-state index contributed by atoms with van der Waals surface area (Å²) in [4.78, 5) is 23.1. The number of hydrogen-bond acceptors (Lipinski definition) is 7. The Morgan fingerprint density at radius 2 is 2.08 bits per heavy atom. The smallest absolute Gasteiger partial charge is 0.275 e. The van der Waals surface area contributed by atoms with Crippen molar-refractivity contribution in [3.8, 4) is 22.1 Å². The fourth-order valence-electron chi connectivity index (χ4n) is 2.58. The lowest BCUT2D eigenvalue weighted by Crippen LogP contribution is -2.18. The van der Waals surface area contributed by atoms with Crippen molar-refractivity contribution in [1.29, 1.82) is 0 Å². The fraction of sp³-hybridized carbons (Fsp3) is 0.167. The average molecular weight is 368 g/mol. The van der Waals surface area contributed by atoms with E-state index in [2.05, 4.69) is 15.3 Å². The summed E-state index contributed by atoms with van der Waals surface area (Å²) in [6, 6.07) is 9.21. The standard InChI is InChI=1S/C18H16N4O3S/c1-22(2)16-12(4-3-7-19-16)20-17(23)13-9-26-18(21-13)11-5-6-14-15(8-11)25-10-24-14/h3-9H,10H2,1-2H3,(H,20,23). The monoisotopic (exact) mass is 368 g/mol. The van der Waals surface area contributed by atoms with Crippen LogP contribution in [0.2, 0.25) is 0 Å². The van der Waals surface area contributed by atoms with E-state index < -0.39 is 0 Å². The highest BCUT2D eigenvalue weighted by Crippen LogP contribution is 2.36. The maximum Gasteiger partial charge on any atom is 0.275 e. The summed E-state index contributed by atoms with van der Waals surface area (Å²) in [5.74, 6) is 1.82. The molecular weight excluding hydrogens is 352 g/mol. The van der Waals surface area contributed by atoms with Crippen LogP contribution in [0.4, 0.5) is 11.5 Å². The Bertz CT molecular complexity index is 971. The first kappa shape index (κ1) is 16.3. The molecular formula is C18H16N4O3S. The van der Waals surface area contributed by atoms with Crippen LogP contribution in [-0.2, 0) is 0 Å². The number of nitrogens with zero attached hydrogens (tertiary/aromatic N) is 3. The number of pyridine rings is 1. The van der Waals surface area contributed by atoms with E-state index in [0.29, 0.717) is 22.9 Å². The molecule has 1 aliphatic heterocycles. The molecule has 4 rings (SSSR count). The molecule has 0 saturated heterocycles. The molecule has 3 heterocycles. The highest BCUT2D eigenvalue weighted by Gasteiger charge is 2.18. The minimum atomic E-state index is -0.274. The van der Waals surface area contributed by atoms with E-state index in [9.17, 15) is 4.79 Å². The van der Waals surface area contributed by atoms with Gasteiger partial charge < -0.3 is 19.7 Å². The summed E-state index contributed by atoms with van der Waals surface area (Å²) in [7, 11) is 3.75. The molecule has 0 atom stereocenters. The molecule has 1 aliphatic rings. The third-order valence-electron chi connectivity index (χ3n) is 3.81. The molecule has 0 spiro atoms. The Morgan fingerprint density at radius 3 is 2.92 bits per heavy atom. The molecule has 0 bridgehead atoms. The van der Waals surface area contributed by atoms with Crippen molar-refractivity contribution in [2.24, 2.45) is 0 Å². The number of carbonyl (C=O) groups is 1. The van der Waals surface area contributed by atoms with E-state index >= 15 is 0 Å².